The van der Waals surface area contributed by atoms with Crippen molar-refractivity contribution in [3.8, 4) is 5.75 Å². The van der Waals surface area contributed by atoms with Crippen molar-refractivity contribution in [1.82, 2.24) is 15.3 Å². The lowest BCUT2D eigenvalue weighted by Gasteiger charge is -2.28. The molecule has 2 atom stereocenters. The van der Waals surface area contributed by atoms with Gasteiger partial charge in [-0.2, -0.15) is 0 Å². The molecule has 144 valence electrons. The van der Waals surface area contributed by atoms with Gasteiger partial charge in [0, 0.05) is 23.3 Å². The molecule has 1 aromatic carbocycles. The van der Waals surface area contributed by atoms with E-state index in [9.17, 15) is 0 Å². The molecule has 0 radical (unpaired) electrons. The molecule has 3 heterocycles. The molecule has 0 spiro atoms. The number of benzene rings is 1. The number of aromatic amines is 1. The van der Waals surface area contributed by atoms with Crippen molar-refractivity contribution in [2.45, 2.75) is 32.9 Å². The standard InChI is InChI=1S/C22H24N4OS/c1-4-27-17-10-8-16(9-11-17)26-21(18-13-14(2)24-15(18)3)20(25-22(26)28)19-7-5-6-12-23-19/h5-13,20-21,24H,4H2,1-3H3,(H,25,28). The van der Waals surface area contributed by atoms with Gasteiger partial charge in [0.05, 0.1) is 24.4 Å². The van der Waals surface area contributed by atoms with Crippen LogP contribution in [0.15, 0.2) is 54.7 Å². The molecule has 2 unspecified atom stereocenters. The van der Waals surface area contributed by atoms with E-state index in [4.69, 9.17) is 17.0 Å². The maximum atomic E-state index is 5.76. The third-order valence-corrected chi connectivity index (χ3v) is 5.35. The molecule has 1 aliphatic rings. The van der Waals surface area contributed by atoms with E-state index >= 15 is 0 Å². The number of ether oxygens (including phenoxy) is 1. The minimum atomic E-state index is -0.0332. The predicted octanol–water partition coefficient (Wildman–Crippen LogP) is 4.60. The van der Waals surface area contributed by atoms with Crippen LogP contribution in [-0.4, -0.2) is 21.7 Å². The van der Waals surface area contributed by atoms with Gasteiger partial charge >= 0.3 is 0 Å². The summed E-state index contributed by atoms with van der Waals surface area (Å²) in [6, 6.07) is 16.3. The zero-order valence-corrected chi connectivity index (χ0v) is 17.1. The van der Waals surface area contributed by atoms with Crippen molar-refractivity contribution in [2.75, 3.05) is 11.5 Å². The van der Waals surface area contributed by atoms with Gasteiger partial charge in [-0.15, -0.1) is 0 Å². The number of thiocarbonyl (C=S) groups is 1. The fourth-order valence-corrected chi connectivity index (χ4v) is 4.22. The number of hydrogen-bond acceptors (Lipinski definition) is 3. The van der Waals surface area contributed by atoms with Gasteiger partial charge in [0.1, 0.15) is 5.75 Å². The molecule has 1 fully saturated rings. The normalized spacial score (nSPS) is 19.0. The van der Waals surface area contributed by atoms with E-state index in [1.807, 2.05) is 43.5 Å². The summed E-state index contributed by atoms with van der Waals surface area (Å²) in [6.07, 6.45) is 1.83. The summed E-state index contributed by atoms with van der Waals surface area (Å²) in [4.78, 5) is 10.2. The van der Waals surface area contributed by atoms with Crippen molar-refractivity contribution in [3.05, 3.63) is 77.4 Å². The monoisotopic (exact) mass is 392 g/mol. The highest BCUT2D eigenvalue weighted by Gasteiger charge is 2.41. The summed E-state index contributed by atoms with van der Waals surface area (Å²) >= 11 is 5.76. The van der Waals surface area contributed by atoms with Crippen LogP contribution in [-0.2, 0) is 0 Å². The minimum absolute atomic E-state index is 0.00490. The maximum absolute atomic E-state index is 5.76. The Morgan fingerprint density at radius 1 is 1.14 bits per heavy atom. The van der Waals surface area contributed by atoms with Crippen molar-refractivity contribution < 1.29 is 4.74 Å². The van der Waals surface area contributed by atoms with Crippen LogP contribution in [0.2, 0.25) is 0 Å². The number of hydrogen-bond donors (Lipinski definition) is 2. The molecule has 0 aliphatic carbocycles. The summed E-state index contributed by atoms with van der Waals surface area (Å²) < 4.78 is 5.59. The summed E-state index contributed by atoms with van der Waals surface area (Å²) in [7, 11) is 0. The third-order valence-electron chi connectivity index (χ3n) is 5.03. The molecule has 1 saturated heterocycles. The SMILES string of the molecule is CCOc1ccc(N2C(=S)NC(c3ccccn3)C2c2cc(C)[nH]c2C)cc1. The molecule has 5 nitrogen and oxygen atoms in total. The van der Waals surface area contributed by atoms with Crippen LogP contribution < -0.4 is 15.0 Å². The molecular formula is C22H24N4OS. The highest BCUT2D eigenvalue weighted by atomic mass is 32.1. The molecule has 1 aliphatic heterocycles. The van der Waals surface area contributed by atoms with Gasteiger partial charge in [-0.1, -0.05) is 6.07 Å². The number of nitrogens with one attached hydrogen (secondary N) is 2. The summed E-state index contributed by atoms with van der Waals surface area (Å²) in [5, 5.41) is 4.19. The number of anilines is 1. The second-order valence-electron chi connectivity index (χ2n) is 6.96. The molecule has 4 rings (SSSR count). The van der Waals surface area contributed by atoms with Crippen LogP contribution in [0.25, 0.3) is 0 Å². The quantitative estimate of drug-likeness (QED) is 0.622. The molecular weight excluding hydrogens is 368 g/mol. The fraction of sp³-hybridized carbons (Fsp3) is 0.273. The van der Waals surface area contributed by atoms with Gasteiger partial charge < -0.3 is 19.9 Å². The number of pyridine rings is 1. The Morgan fingerprint density at radius 3 is 2.54 bits per heavy atom. The lowest BCUT2D eigenvalue weighted by atomic mass is 9.96. The Bertz CT molecular complexity index is 968. The Kier molecular flexibility index (Phi) is 5.05. The van der Waals surface area contributed by atoms with Gasteiger partial charge in [-0.05, 0) is 81.0 Å². The maximum Gasteiger partial charge on any atom is 0.174 e. The van der Waals surface area contributed by atoms with E-state index in [2.05, 4.69) is 52.2 Å². The molecule has 0 bridgehead atoms. The lowest BCUT2D eigenvalue weighted by Crippen LogP contribution is -2.29. The number of rotatable bonds is 5. The summed E-state index contributed by atoms with van der Waals surface area (Å²) in [5.41, 5.74) is 5.50. The van der Waals surface area contributed by atoms with Gasteiger partial charge in [0.25, 0.3) is 0 Å². The number of aromatic nitrogens is 2. The van der Waals surface area contributed by atoms with E-state index in [0.29, 0.717) is 11.7 Å². The largest absolute Gasteiger partial charge is 0.494 e. The Balaban J connectivity index is 1.79. The summed E-state index contributed by atoms with van der Waals surface area (Å²) in [6.45, 7) is 6.82. The molecule has 3 aromatic rings. The molecule has 0 amide bonds. The van der Waals surface area contributed by atoms with Gasteiger partial charge in [-0.3, -0.25) is 4.98 Å². The van der Waals surface area contributed by atoms with Crippen LogP contribution in [0.5, 0.6) is 5.75 Å². The van der Waals surface area contributed by atoms with Gasteiger partial charge in [-0.25, -0.2) is 0 Å². The van der Waals surface area contributed by atoms with Crippen LogP contribution in [0.3, 0.4) is 0 Å². The first-order valence-corrected chi connectivity index (χ1v) is 9.89. The van der Waals surface area contributed by atoms with Crippen LogP contribution in [0, 0.1) is 13.8 Å². The Morgan fingerprint density at radius 2 is 1.93 bits per heavy atom. The van der Waals surface area contributed by atoms with Crippen molar-refractivity contribution in [3.63, 3.8) is 0 Å². The van der Waals surface area contributed by atoms with E-state index < -0.39 is 0 Å². The lowest BCUT2D eigenvalue weighted by molar-refractivity contribution is 0.340. The number of nitrogens with zero attached hydrogens (tertiary/aromatic N) is 2. The van der Waals surface area contributed by atoms with Crippen molar-refractivity contribution in [2.24, 2.45) is 0 Å². The predicted molar refractivity (Wildman–Crippen MR) is 116 cm³/mol. The first kappa shape index (κ1) is 18.5. The fourth-order valence-electron chi connectivity index (χ4n) is 3.87. The molecule has 2 aromatic heterocycles. The van der Waals surface area contributed by atoms with Crippen LogP contribution in [0.1, 0.15) is 41.7 Å². The second-order valence-corrected chi connectivity index (χ2v) is 7.34. The summed E-state index contributed by atoms with van der Waals surface area (Å²) in [5.74, 6) is 0.857. The molecule has 28 heavy (non-hydrogen) atoms. The average Bonchev–Trinajstić information content (AvgIpc) is 3.21. The third kappa shape index (κ3) is 3.36. The van der Waals surface area contributed by atoms with Crippen molar-refractivity contribution in [1.29, 1.82) is 0 Å². The second kappa shape index (κ2) is 7.64. The molecule has 0 saturated carbocycles. The average molecular weight is 393 g/mol. The Hall–Kier alpha value is -2.86. The number of H-pyrrole nitrogens is 1. The van der Waals surface area contributed by atoms with Gasteiger partial charge in [0.2, 0.25) is 0 Å². The minimum Gasteiger partial charge on any atom is -0.494 e. The molecule has 2 N–H and O–H groups in total. The zero-order valence-electron chi connectivity index (χ0n) is 16.3. The van der Waals surface area contributed by atoms with E-state index in [0.717, 1.165) is 28.5 Å². The van der Waals surface area contributed by atoms with Crippen molar-refractivity contribution >= 4 is 23.0 Å². The Labute approximate surface area is 170 Å². The van der Waals surface area contributed by atoms with Crippen LogP contribution in [0.4, 0.5) is 5.69 Å². The topological polar surface area (TPSA) is 53.2 Å². The highest BCUT2D eigenvalue weighted by Crippen LogP contribution is 2.42. The zero-order chi connectivity index (χ0) is 19.7. The number of aryl methyl sites for hydroxylation is 2. The van der Waals surface area contributed by atoms with E-state index in [-0.39, 0.29) is 12.1 Å². The highest BCUT2D eigenvalue weighted by molar-refractivity contribution is 7.80. The first-order valence-electron chi connectivity index (χ1n) is 9.48. The molecule has 6 heteroatoms. The smallest absolute Gasteiger partial charge is 0.174 e. The van der Waals surface area contributed by atoms with E-state index in [1.54, 1.807) is 0 Å². The van der Waals surface area contributed by atoms with E-state index in [1.165, 1.54) is 5.56 Å². The van der Waals surface area contributed by atoms with Crippen LogP contribution >= 0.6 is 12.2 Å². The van der Waals surface area contributed by atoms with Gasteiger partial charge in [0.15, 0.2) is 5.11 Å². The first-order chi connectivity index (χ1) is 13.6.